The van der Waals surface area contributed by atoms with E-state index >= 15 is 0 Å². The molecule has 3 N–H and O–H groups in total. The summed E-state index contributed by atoms with van der Waals surface area (Å²) in [6.07, 6.45) is 0. The van der Waals surface area contributed by atoms with E-state index in [1.54, 1.807) is 18.2 Å². The molecule has 1 aliphatic heterocycles. The van der Waals surface area contributed by atoms with Crippen molar-refractivity contribution in [1.29, 1.82) is 0 Å². The van der Waals surface area contributed by atoms with Crippen molar-refractivity contribution in [3.63, 3.8) is 0 Å². The molecule has 1 aliphatic rings. The molecule has 0 atom stereocenters. The van der Waals surface area contributed by atoms with E-state index in [1.807, 2.05) is 0 Å². The Labute approximate surface area is 144 Å². The summed E-state index contributed by atoms with van der Waals surface area (Å²) in [5.74, 6) is 1.54. The number of benzene rings is 1. The maximum atomic E-state index is 6.08. The van der Waals surface area contributed by atoms with E-state index < -0.39 is 0 Å². The summed E-state index contributed by atoms with van der Waals surface area (Å²) in [7, 11) is 0. The average Bonchev–Trinajstić information content (AvgIpc) is 2.97. The van der Waals surface area contributed by atoms with Gasteiger partial charge in [0.1, 0.15) is 6.61 Å². The second-order valence-corrected chi connectivity index (χ2v) is 6.06. The van der Waals surface area contributed by atoms with Crippen LogP contribution in [0.2, 0.25) is 10.0 Å². The monoisotopic (exact) mass is 356 g/mol. The van der Waals surface area contributed by atoms with Crippen LogP contribution >= 0.6 is 23.2 Å². The quantitative estimate of drug-likeness (QED) is 0.851. The van der Waals surface area contributed by atoms with Crippen LogP contribution in [0.5, 0.6) is 5.75 Å². The molecule has 0 aliphatic carbocycles. The van der Waals surface area contributed by atoms with Gasteiger partial charge in [-0.2, -0.15) is 4.98 Å². The van der Waals surface area contributed by atoms with Crippen LogP contribution in [0.15, 0.2) is 18.2 Å². The predicted octanol–water partition coefficient (Wildman–Crippen LogP) is 1.89. The number of anilines is 2. The van der Waals surface area contributed by atoms with Crippen molar-refractivity contribution >= 4 is 35.1 Å². The van der Waals surface area contributed by atoms with E-state index in [2.05, 4.69) is 25.0 Å². The molecule has 0 amide bonds. The van der Waals surface area contributed by atoms with Gasteiger partial charge in [0.2, 0.25) is 11.9 Å². The fourth-order valence-corrected chi connectivity index (χ4v) is 2.99. The van der Waals surface area contributed by atoms with Crippen molar-refractivity contribution in [2.45, 2.75) is 0 Å². The first-order valence-corrected chi connectivity index (χ1v) is 8.11. The number of piperazine rings is 1. The number of H-pyrrole nitrogens is 1. The summed E-state index contributed by atoms with van der Waals surface area (Å²) in [6.45, 7) is 4.91. The van der Waals surface area contributed by atoms with Gasteiger partial charge >= 0.3 is 0 Å². The highest BCUT2D eigenvalue weighted by Gasteiger charge is 2.19. The lowest BCUT2D eigenvalue weighted by atomic mass is 10.3. The van der Waals surface area contributed by atoms with Gasteiger partial charge in [-0.3, -0.25) is 4.90 Å². The van der Waals surface area contributed by atoms with Gasteiger partial charge < -0.3 is 15.4 Å². The molecule has 0 spiro atoms. The van der Waals surface area contributed by atoms with Crippen molar-refractivity contribution in [3.05, 3.63) is 28.2 Å². The highest BCUT2D eigenvalue weighted by Crippen LogP contribution is 2.32. The van der Waals surface area contributed by atoms with Crippen molar-refractivity contribution < 1.29 is 4.74 Å². The molecule has 1 aromatic heterocycles. The molecule has 1 aromatic carbocycles. The SMILES string of the molecule is Nc1n[nH]c(N2CCN(CCOc3c(Cl)cccc3Cl)CC2)n1. The summed E-state index contributed by atoms with van der Waals surface area (Å²) in [5.41, 5.74) is 5.53. The van der Waals surface area contributed by atoms with Crippen molar-refractivity contribution in [2.75, 3.05) is 50.0 Å². The Hall–Kier alpha value is -1.70. The van der Waals surface area contributed by atoms with E-state index in [0.717, 1.165) is 38.7 Å². The molecule has 23 heavy (non-hydrogen) atoms. The minimum atomic E-state index is 0.271. The third-order valence-corrected chi connectivity index (χ3v) is 4.33. The first-order valence-electron chi connectivity index (χ1n) is 7.35. The zero-order chi connectivity index (χ0) is 16.2. The second-order valence-electron chi connectivity index (χ2n) is 5.25. The van der Waals surface area contributed by atoms with E-state index in [1.165, 1.54) is 0 Å². The average molecular weight is 357 g/mol. The molecule has 9 heteroatoms. The number of hydrogen-bond donors (Lipinski definition) is 2. The van der Waals surface area contributed by atoms with Crippen molar-refractivity contribution in [2.24, 2.45) is 0 Å². The molecule has 0 bridgehead atoms. The molecule has 124 valence electrons. The maximum absolute atomic E-state index is 6.08. The van der Waals surface area contributed by atoms with E-state index in [0.29, 0.717) is 22.4 Å². The molecular weight excluding hydrogens is 339 g/mol. The van der Waals surface area contributed by atoms with Gasteiger partial charge in [-0.15, -0.1) is 5.10 Å². The van der Waals surface area contributed by atoms with Crippen LogP contribution in [0.25, 0.3) is 0 Å². The minimum absolute atomic E-state index is 0.271. The van der Waals surface area contributed by atoms with Crippen LogP contribution in [0, 0.1) is 0 Å². The van der Waals surface area contributed by atoms with Gasteiger partial charge in [0.05, 0.1) is 10.0 Å². The summed E-state index contributed by atoms with van der Waals surface area (Å²) in [4.78, 5) is 8.60. The zero-order valence-electron chi connectivity index (χ0n) is 12.5. The van der Waals surface area contributed by atoms with Crippen LogP contribution in [0.1, 0.15) is 0 Å². The molecule has 0 unspecified atom stereocenters. The van der Waals surface area contributed by atoms with Crippen LogP contribution in [-0.2, 0) is 0 Å². The molecule has 2 heterocycles. The molecule has 2 aromatic rings. The standard InChI is InChI=1S/C14H18Cl2N6O/c15-10-2-1-3-11(16)12(10)23-9-8-21-4-6-22(7-5-21)14-18-13(17)19-20-14/h1-3H,4-9H2,(H3,17,18,19,20). The van der Waals surface area contributed by atoms with E-state index in [4.69, 9.17) is 33.7 Å². The van der Waals surface area contributed by atoms with Gasteiger partial charge in [-0.25, -0.2) is 5.10 Å². The Bertz CT molecular complexity index is 636. The normalized spacial score (nSPS) is 15.8. The van der Waals surface area contributed by atoms with Gasteiger partial charge in [-0.05, 0) is 12.1 Å². The third kappa shape index (κ3) is 3.99. The lowest BCUT2D eigenvalue weighted by Gasteiger charge is -2.34. The Morgan fingerprint density at radius 3 is 2.48 bits per heavy atom. The fraction of sp³-hybridized carbons (Fsp3) is 0.429. The summed E-state index contributed by atoms with van der Waals surface area (Å²) < 4.78 is 5.72. The molecule has 1 saturated heterocycles. The molecule has 1 fully saturated rings. The number of rotatable bonds is 5. The van der Waals surface area contributed by atoms with E-state index in [9.17, 15) is 0 Å². The molecule has 3 rings (SSSR count). The zero-order valence-corrected chi connectivity index (χ0v) is 14.0. The Morgan fingerprint density at radius 2 is 1.87 bits per heavy atom. The van der Waals surface area contributed by atoms with E-state index in [-0.39, 0.29) is 5.95 Å². The highest BCUT2D eigenvalue weighted by atomic mass is 35.5. The Morgan fingerprint density at radius 1 is 1.17 bits per heavy atom. The predicted molar refractivity (Wildman–Crippen MR) is 91.4 cm³/mol. The lowest BCUT2D eigenvalue weighted by molar-refractivity contribution is 0.200. The molecule has 0 radical (unpaired) electrons. The number of ether oxygens (including phenoxy) is 1. The van der Waals surface area contributed by atoms with Crippen LogP contribution < -0.4 is 15.4 Å². The summed E-state index contributed by atoms with van der Waals surface area (Å²) >= 11 is 12.2. The number of nitrogens with two attached hydrogens (primary N) is 1. The molecule has 7 nitrogen and oxygen atoms in total. The van der Waals surface area contributed by atoms with Crippen molar-refractivity contribution in [3.8, 4) is 5.75 Å². The first kappa shape index (κ1) is 16.2. The van der Waals surface area contributed by atoms with Gasteiger partial charge in [0, 0.05) is 32.7 Å². The smallest absolute Gasteiger partial charge is 0.241 e. The molecule has 0 saturated carbocycles. The summed E-state index contributed by atoms with van der Waals surface area (Å²) in [6, 6.07) is 5.34. The number of aromatic nitrogens is 3. The second kappa shape index (κ2) is 7.25. The Kier molecular flexibility index (Phi) is 5.09. The van der Waals surface area contributed by atoms with Gasteiger partial charge in [0.15, 0.2) is 5.75 Å². The number of halogens is 2. The highest BCUT2D eigenvalue weighted by molar-refractivity contribution is 6.37. The third-order valence-electron chi connectivity index (χ3n) is 3.74. The largest absolute Gasteiger partial charge is 0.489 e. The topological polar surface area (TPSA) is 83.3 Å². The van der Waals surface area contributed by atoms with Crippen LogP contribution in [-0.4, -0.2) is 59.4 Å². The maximum Gasteiger partial charge on any atom is 0.241 e. The number of aromatic amines is 1. The van der Waals surface area contributed by atoms with Crippen LogP contribution in [0.4, 0.5) is 11.9 Å². The number of para-hydroxylation sites is 1. The lowest BCUT2D eigenvalue weighted by Crippen LogP contribution is -2.47. The number of nitrogens with zero attached hydrogens (tertiary/aromatic N) is 4. The van der Waals surface area contributed by atoms with Crippen molar-refractivity contribution in [1.82, 2.24) is 20.1 Å². The first-order chi connectivity index (χ1) is 11.1. The number of hydrogen-bond acceptors (Lipinski definition) is 6. The van der Waals surface area contributed by atoms with Gasteiger partial charge in [-0.1, -0.05) is 29.3 Å². The fourth-order valence-electron chi connectivity index (χ4n) is 2.49. The minimum Gasteiger partial charge on any atom is -0.489 e. The molecular formula is C14H18Cl2N6O. The number of nitrogens with one attached hydrogen (secondary N) is 1. The summed E-state index contributed by atoms with van der Waals surface area (Å²) in [5, 5.41) is 7.75. The number of nitrogen functional groups attached to an aromatic ring is 1. The van der Waals surface area contributed by atoms with Gasteiger partial charge in [0.25, 0.3) is 0 Å². The van der Waals surface area contributed by atoms with Crippen LogP contribution in [0.3, 0.4) is 0 Å². The Balaban J connectivity index is 1.44.